The fraction of sp³-hybridized carbons (Fsp3) is 0.158. The standard InChI is InChI=1S/C19H16FNO4S/c1-24-15-6-7-16(19-21-14(11-26-19)8-18(22)23)17(9-15)25-10-12-2-4-13(20)5-3-12/h2-7,9,11H,8,10H2,1H3,(H,22,23). The van der Waals surface area contributed by atoms with Crippen LogP contribution in [0, 0.1) is 5.82 Å². The highest BCUT2D eigenvalue weighted by atomic mass is 32.1. The first-order valence-electron chi connectivity index (χ1n) is 7.77. The molecule has 0 bridgehead atoms. The molecule has 1 aromatic heterocycles. The van der Waals surface area contributed by atoms with E-state index in [1.54, 1.807) is 36.8 Å². The number of hydrogen-bond donors (Lipinski definition) is 1. The number of aliphatic carboxylic acids is 1. The van der Waals surface area contributed by atoms with Crippen LogP contribution in [-0.2, 0) is 17.8 Å². The Bertz CT molecular complexity index is 908. The molecule has 7 heteroatoms. The highest BCUT2D eigenvalue weighted by Crippen LogP contribution is 2.35. The van der Waals surface area contributed by atoms with Crippen LogP contribution >= 0.6 is 11.3 Å². The fourth-order valence-electron chi connectivity index (χ4n) is 2.33. The zero-order chi connectivity index (χ0) is 18.5. The summed E-state index contributed by atoms with van der Waals surface area (Å²) in [5.41, 5.74) is 2.07. The number of carbonyl (C=O) groups is 1. The first-order valence-corrected chi connectivity index (χ1v) is 8.65. The molecule has 2 aromatic carbocycles. The van der Waals surface area contributed by atoms with Crippen molar-refractivity contribution in [3.8, 4) is 22.1 Å². The van der Waals surface area contributed by atoms with Crippen LogP contribution in [0.4, 0.5) is 4.39 Å². The summed E-state index contributed by atoms with van der Waals surface area (Å²) in [5, 5.41) is 11.3. The van der Waals surface area contributed by atoms with Crippen LogP contribution in [0.2, 0.25) is 0 Å². The summed E-state index contributed by atoms with van der Waals surface area (Å²) in [5.74, 6) is -0.0380. The van der Waals surface area contributed by atoms with Gasteiger partial charge in [0.15, 0.2) is 0 Å². The van der Waals surface area contributed by atoms with E-state index in [4.69, 9.17) is 14.6 Å². The van der Waals surface area contributed by atoms with Crippen LogP contribution in [0.15, 0.2) is 47.8 Å². The minimum absolute atomic E-state index is 0.127. The predicted octanol–water partition coefficient (Wildman–Crippen LogP) is 4.16. The monoisotopic (exact) mass is 373 g/mol. The summed E-state index contributed by atoms with van der Waals surface area (Å²) < 4.78 is 24.2. The predicted molar refractivity (Wildman–Crippen MR) is 96.2 cm³/mol. The molecule has 0 radical (unpaired) electrons. The Labute approximate surface area is 153 Å². The summed E-state index contributed by atoms with van der Waals surface area (Å²) in [6, 6.07) is 11.4. The molecule has 1 heterocycles. The van der Waals surface area contributed by atoms with E-state index < -0.39 is 5.97 Å². The van der Waals surface area contributed by atoms with Crippen molar-refractivity contribution in [2.45, 2.75) is 13.0 Å². The molecular weight excluding hydrogens is 357 g/mol. The molecule has 0 aliphatic rings. The van der Waals surface area contributed by atoms with Gasteiger partial charge < -0.3 is 14.6 Å². The average Bonchev–Trinajstić information content (AvgIpc) is 3.08. The Kier molecular flexibility index (Phi) is 5.48. The van der Waals surface area contributed by atoms with Gasteiger partial charge in [-0.25, -0.2) is 9.37 Å². The zero-order valence-electron chi connectivity index (χ0n) is 13.9. The quantitative estimate of drug-likeness (QED) is 0.673. The SMILES string of the molecule is COc1ccc(-c2nc(CC(=O)O)cs2)c(OCc2ccc(F)cc2)c1. The lowest BCUT2D eigenvalue weighted by Crippen LogP contribution is -2.00. The highest BCUT2D eigenvalue weighted by molar-refractivity contribution is 7.13. The maximum Gasteiger partial charge on any atom is 0.309 e. The third-order valence-electron chi connectivity index (χ3n) is 3.61. The van der Waals surface area contributed by atoms with Gasteiger partial charge in [0.2, 0.25) is 0 Å². The number of rotatable bonds is 7. The Morgan fingerprint density at radius 3 is 2.69 bits per heavy atom. The molecule has 3 rings (SSSR count). The minimum atomic E-state index is -0.927. The normalized spacial score (nSPS) is 10.5. The van der Waals surface area contributed by atoms with Crippen molar-refractivity contribution < 1.29 is 23.8 Å². The fourth-order valence-corrected chi connectivity index (χ4v) is 3.18. The largest absolute Gasteiger partial charge is 0.497 e. The van der Waals surface area contributed by atoms with Crippen LogP contribution in [0.3, 0.4) is 0 Å². The van der Waals surface area contributed by atoms with E-state index in [1.807, 2.05) is 6.07 Å². The topological polar surface area (TPSA) is 68.7 Å². The highest BCUT2D eigenvalue weighted by Gasteiger charge is 2.14. The number of thiazole rings is 1. The number of halogens is 1. The third kappa shape index (κ3) is 4.37. The van der Waals surface area contributed by atoms with E-state index in [-0.39, 0.29) is 18.8 Å². The minimum Gasteiger partial charge on any atom is -0.497 e. The van der Waals surface area contributed by atoms with Crippen LogP contribution in [-0.4, -0.2) is 23.2 Å². The van der Waals surface area contributed by atoms with Crippen molar-refractivity contribution in [3.05, 3.63) is 64.9 Å². The molecule has 0 amide bonds. The van der Waals surface area contributed by atoms with Gasteiger partial charge in [-0.15, -0.1) is 11.3 Å². The number of carboxylic acids is 1. The van der Waals surface area contributed by atoms with Crippen molar-refractivity contribution in [2.75, 3.05) is 7.11 Å². The third-order valence-corrected chi connectivity index (χ3v) is 4.54. The van der Waals surface area contributed by atoms with E-state index in [9.17, 15) is 9.18 Å². The number of aromatic nitrogens is 1. The first kappa shape index (κ1) is 17.9. The van der Waals surface area contributed by atoms with E-state index >= 15 is 0 Å². The van der Waals surface area contributed by atoms with Gasteiger partial charge >= 0.3 is 5.97 Å². The summed E-state index contributed by atoms with van der Waals surface area (Å²) in [6.07, 6.45) is -0.127. The zero-order valence-corrected chi connectivity index (χ0v) is 14.8. The van der Waals surface area contributed by atoms with Gasteiger partial charge in [-0.05, 0) is 29.8 Å². The molecule has 0 unspecified atom stereocenters. The molecule has 3 aromatic rings. The summed E-state index contributed by atoms with van der Waals surface area (Å²) in [6.45, 7) is 0.258. The van der Waals surface area contributed by atoms with Crippen molar-refractivity contribution in [3.63, 3.8) is 0 Å². The molecule has 0 spiro atoms. The number of carboxylic acid groups (broad SMARTS) is 1. The van der Waals surface area contributed by atoms with Gasteiger partial charge in [-0.2, -0.15) is 0 Å². The lowest BCUT2D eigenvalue weighted by atomic mass is 10.2. The van der Waals surface area contributed by atoms with Gasteiger partial charge in [0.05, 0.1) is 24.8 Å². The molecule has 0 saturated heterocycles. The van der Waals surface area contributed by atoms with E-state index in [0.29, 0.717) is 22.2 Å². The summed E-state index contributed by atoms with van der Waals surface area (Å²) >= 11 is 1.35. The number of ether oxygens (including phenoxy) is 2. The molecular formula is C19H16FNO4S. The van der Waals surface area contributed by atoms with Crippen molar-refractivity contribution in [1.29, 1.82) is 0 Å². The lowest BCUT2D eigenvalue weighted by molar-refractivity contribution is -0.136. The maximum absolute atomic E-state index is 13.0. The lowest BCUT2D eigenvalue weighted by Gasteiger charge is -2.12. The smallest absolute Gasteiger partial charge is 0.309 e. The molecule has 0 saturated carbocycles. The maximum atomic E-state index is 13.0. The average molecular weight is 373 g/mol. The van der Waals surface area contributed by atoms with Crippen LogP contribution in [0.25, 0.3) is 10.6 Å². The molecule has 0 atom stereocenters. The molecule has 134 valence electrons. The molecule has 5 nitrogen and oxygen atoms in total. The van der Waals surface area contributed by atoms with Gasteiger partial charge in [-0.1, -0.05) is 12.1 Å². The van der Waals surface area contributed by atoms with Gasteiger partial charge in [0.1, 0.15) is 28.9 Å². The van der Waals surface area contributed by atoms with Gasteiger partial charge in [0, 0.05) is 11.4 Å². The number of hydrogen-bond acceptors (Lipinski definition) is 5. The second kappa shape index (κ2) is 7.97. The Balaban J connectivity index is 1.86. The second-order valence-electron chi connectivity index (χ2n) is 5.49. The number of nitrogens with zero attached hydrogens (tertiary/aromatic N) is 1. The van der Waals surface area contributed by atoms with Crippen LogP contribution in [0.5, 0.6) is 11.5 Å². The summed E-state index contributed by atoms with van der Waals surface area (Å²) in [4.78, 5) is 15.2. The van der Waals surface area contributed by atoms with E-state index in [1.165, 1.54) is 23.5 Å². The van der Waals surface area contributed by atoms with Crippen molar-refractivity contribution >= 4 is 17.3 Å². The molecule has 0 aliphatic carbocycles. The number of benzene rings is 2. The number of methoxy groups -OCH3 is 1. The van der Waals surface area contributed by atoms with Crippen molar-refractivity contribution in [2.24, 2.45) is 0 Å². The second-order valence-corrected chi connectivity index (χ2v) is 6.35. The Morgan fingerprint density at radius 2 is 2.00 bits per heavy atom. The Hall–Kier alpha value is -2.93. The molecule has 26 heavy (non-hydrogen) atoms. The van der Waals surface area contributed by atoms with Crippen LogP contribution in [0.1, 0.15) is 11.3 Å². The summed E-state index contributed by atoms with van der Waals surface area (Å²) in [7, 11) is 1.56. The van der Waals surface area contributed by atoms with Crippen molar-refractivity contribution in [1.82, 2.24) is 4.98 Å². The Morgan fingerprint density at radius 1 is 1.23 bits per heavy atom. The molecule has 0 aliphatic heterocycles. The van der Waals surface area contributed by atoms with E-state index in [0.717, 1.165) is 11.1 Å². The van der Waals surface area contributed by atoms with Gasteiger partial charge in [0.25, 0.3) is 0 Å². The van der Waals surface area contributed by atoms with Crippen LogP contribution < -0.4 is 9.47 Å². The molecule has 0 fully saturated rings. The van der Waals surface area contributed by atoms with Gasteiger partial charge in [-0.3, -0.25) is 4.79 Å². The molecule has 1 N–H and O–H groups in total. The van der Waals surface area contributed by atoms with E-state index in [2.05, 4.69) is 4.98 Å². The first-order chi connectivity index (χ1) is 12.5.